The molecule has 4 aromatic rings. The fraction of sp³-hybridized carbons (Fsp3) is 0.133. The lowest BCUT2D eigenvalue weighted by Gasteiger charge is -2.14. The summed E-state index contributed by atoms with van der Waals surface area (Å²) in [6, 6.07) is 34.5. The average Bonchev–Trinajstić information content (AvgIpc) is 2.93. The van der Waals surface area contributed by atoms with Gasteiger partial charge in [0.25, 0.3) is 0 Å². The predicted molar refractivity (Wildman–Crippen MR) is 141 cm³/mol. The van der Waals surface area contributed by atoms with E-state index in [0.29, 0.717) is 5.75 Å². The van der Waals surface area contributed by atoms with Gasteiger partial charge in [-0.3, -0.25) is 0 Å². The van der Waals surface area contributed by atoms with E-state index >= 15 is 0 Å². The SMILES string of the molecule is C=CO.OC(COc1ccccc1)COc1ccc(-c2ccc(OCOc3ccccc3)cc2)cc1. The van der Waals surface area contributed by atoms with Gasteiger partial charge in [0.2, 0.25) is 6.79 Å². The first-order valence-electron chi connectivity index (χ1n) is 11.4. The van der Waals surface area contributed by atoms with Gasteiger partial charge < -0.3 is 29.2 Å². The Labute approximate surface area is 211 Å². The molecule has 1 unspecified atom stereocenters. The molecular weight excluding hydrogens is 456 g/mol. The standard InChI is InChI=1S/C28H26O5.C2H4O/c29-24(19-30-25-7-3-1-4-8-25)20-31-27-15-11-22(12-16-27)23-13-17-28(18-14-23)33-21-32-26-9-5-2-6-10-26;1-2-3/h1-18,24,29H,19-21H2;2-3H,1H2. The lowest BCUT2D eigenvalue weighted by molar-refractivity contribution is 0.0626. The molecule has 0 bridgehead atoms. The van der Waals surface area contributed by atoms with Gasteiger partial charge in [-0.1, -0.05) is 67.2 Å². The van der Waals surface area contributed by atoms with Crippen molar-refractivity contribution >= 4 is 0 Å². The van der Waals surface area contributed by atoms with Crippen molar-refractivity contribution in [2.24, 2.45) is 0 Å². The Bertz CT molecular complexity index is 1130. The summed E-state index contributed by atoms with van der Waals surface area (Å²) < 4.78 is 22.4. The van der Waals surface area contributed by atoms with Gasteiger partial charge >= 0.3 is 0 Å². The summed E-state index contributed by atoms with van der Waals surface area (Å²) in [4.78, 5) is 0. The Balaban J connectivity index is 0.00000115. The van der Waals surface area contributed by atoms with Gasteiger partial charge in [-0.25, -0.2) is 0 Å². The predicted octanol–water partition coefficient (Wildman–Crippen LogP) is 6.28. The molecule has 0 aromatic heterocycles. The highest BCUT2D eigenvalue weighted by atomic mass is 16.7. The van der Waals surface area contributed by atoms with Crippen molar-refractivity contribution in [2.45, 2.75) is 6.10 Å². The molecule has 0 spiro atoms. The van der Waals surface area contributed by atoms with Crippen molar-refractivity contribution in [3.05, 3.63) is 122 Å². The molecule has 36 heavy (non-hydrogen) atoms. The highest BCUT2D eigenvalue weighted by Crippen LogP contribution is 2.25. The Morgan fingerprint density at radius 2 is 0.889 bits per heavy atom. The van der Waals surface area contributed by atoms with Gasteiger partial charge in [-0.05, 0) is 59.7 Å². The second-order valence-electron chi connectivity index (χ2n) is 7.54. The van der Waals surface area contributed by atoms with Crippen molar-refractivity contribution in [2.75, 3.05) is 20.0 Å². The number of ether oxygens (including phenoxy) is 4. The van der Waals surface area contributed by atoms with Crippen molar-refractivity contribution in [1.82, 2.24) is 0 Å². The maximum absolute atomic E-state index is 10.1. The van der Waals surface area contributed by atoms with Crippen LogP contribution in [0.2, 0.25) is 0 Å². The third-order valence-corrected chi connectivity index (χ3v) is 4.86. The maximum Gasteiger partial charge on any atom is 0.230 e. The van der Waals surface area contributed by atoms with Crippen LogP contribution >= 0.6 is 0 Å². The smallest absolute Gasteiger partial charge is 0.230 e. The summed E-state index contributed by atoms with van der Waals surface area (Å²) >= 11 is 0. The fourth-order valence-electron chi connectivity index (χ4n) is 3.12. The van der Waals surface area contributed by atoms with Crippen LogP contribution < -0.4 is 18.9 Å². The average molecular weight is 487 g/mol. The summed E-state index contributed by atoms with van der Waals surface area (Å²) in [5.74, 6) is 2.92. The summed E-state index contributed by atoms with van der Waals surface area (Å²) in [7, 11) is 0. The number of aliphatic hydroxyl groups is 2. The quantitative estimate of drug-likeness (QED) is 0.192. The first kappa shape index (κ1) is 26.2. The van der Waals surface area contributed by atoms with Crippen LogP contribution in [0.1, 0.15) is 0 Å². The molecule has 186 valence electrons. The Hall–Kier alpha value is -4.42. The van der Waals surface area contributed by atoms with Gasteiger partial charge in [0, 0.05) is 0 Å². The molecule has 0 saturated carbocycles. The van der Waals surface area contributed by atoms with E-state index in [1.54, 1.807) is 0 Å². The van der Waals surface area contributed by atoms with Crippen molar-refractivity contribution in [3.8, 4) is 34.1 Å². The zero-order valence-corrected chi connectivity index (χ0v) is 19.9. The van der Waals surface area contributed by atoms with Gasteiger partial charge in [-0.2, -0.15) is 0 Å². The summed E-state index contributed by atoms with van der Waals surface area (Å²) in [5, 5.41) is 17.4. The van der Waals surface area contributed by atoms with Gasteiger partial charge in [-0.15, -0.1) is 0 Å². The lowest BCUT2D eigenvalue weighted by Crippen LogP contribution is -2.25. The number of aliphatic hydroxyl groups excluding tert-OH is 2. The molecule has 6 nitrogen and oxygen atoms in total. The summed E-state index contributed by atoms with van der Waals surface area (Å²) in [6.45, 7) is 3.40. The van der Waals surface area contributed by atoms with Gasteiger partial charge in [0.05, 0.1) is 6.26 Å². The molecular formula is C30H30O6. The lowest BCUT2D eigenvalue weighted by atomic mass is 10.1. The second kappa shape index (κ2) is 14.8. The van der Waals surface area contributed by atoms with Crippen molar-refractivity contribution in [1.29, 1.82) is 0 Å². The van der Waals surface area contributed by atoms with E-state index in [9.17, 15) is 5.11 Å². The molecule has 0 saturated heterocycles. The number of hydrogen-bond acceptors (Lipinski definition) is 6. The second-order valence-corrected chi connectivity index (χ2v) is 7.54. The Morgan fingerprint density at radius 3 is 1.31 bits per heavy atom. The monoisotopic (exact) mass is 486 g/mol. The number of benzene rings is 4. The molecule has 4 rings (SSSR count). The number of rotatable bonds is 11. The molecule has 0 aliphatic heterocycles. The molecule has 0 aliphatic carbocycles. The third-order valence-electron chi connectivity index (χ3n) is 4.86. The topological polar surface area (TPSA) is 77.4 Å². The van der Waals surface area contributed by atoms with Gasteiger partial charge in [0.15, 0.2) is 0 Å². The first-order valence-corrected chi connectivity index (χ1v) is 11.4. The summed E-state index contributed by atoms with van der Waals surface area (Å²) in [5.41, 5.74) is 2.12. The molecule has 2 N–H and O–H groups in total. The van der Waals surface area contributed by atoms with Crippen LogP contribution in [-0.4, -0.2) is 36.3 Å². The first-order chi connectivity index (χ1) is 17.7. The van der Waals surface area contributed by atoms with Crippen LogP contribution in [0.15, 0.2) is 122 Å². The van der Waals surface area contributed by atoms with E-state index in [0.717, 1.165) is 34.6 Å². The summed E-state index contributed by atoms with van der Waals surface area (Å²) in [6.07, 6.45) is 0.0308. The number of para-hydroxylation sites is 2. The van der Waals surface area contributed by atoms with E-state index in [-0.39, 0.29) is 20.0 Å². The fourth-order valence-corrected chi connectivity index (χ4v) is 3.12. The molecule has 1 atom stereocenters. The van der Waals surface area contributed by atoms with Crippen molar-refractivity contribution < 1.29 is 29.2 Å². The van der Waals surface area contributed by atoms with Crippen LogP contribution in [0, 0.1) is 0 Å². The Morgan fingerprint density at radius 1 is 0.556 bits per heavy atom. The van der Waals surface area contributed by atoms with Crippen molar-refractivity contribution in [3.63, 3.8) is 0 Å². The molecule has 0 radical (unpaired) electrons. The van der Waals surface area contributed by atoms with Crippen LogP contribution in [-0.2, 0) is 0 Å². The normalized spacial score (nSPS) is 10.8. The largest absolute Gasteiger partial charge is 0.516 e. The highest BCUT2D eigenvalue weighted by molar-refractivity contribution is 5.64. The van der Waals surface area contributed by atoms with Crippen LogP contribution in [0.5, 0.6) is 23.0 Å². The zero-order valence-electron chi connectivity index (χ0n) is 19.9. The zero-order chi connectivity index (χ0) is 25.4. The van der Waals surface area contributed by atoms with Crippen LogP contribution in [0.25, 0.3) is 11.1 Å². The molecule has 0 heterocycles. The molecule has 6 heteroatoms. The van der Waals surface area contributed by atoms with E-state index in [1.165, 1.54) is 0 Å². The van der Waals surface area contributed by atoms with E-state index in [1.807, 2.05) is 109 Å². The van der Waals surface area contributed by atoms with E-state index in [2.05, 4.69) is 6.58 Å². The third kappa shape index (κ3) is 9.08. The minimum atomic E-state index is -0.719. The van der Waals surface area contributed by atoms with Crippen LogP contribution in [0.4, 0.5) is 0 Å². The minimum absolute atomic E-state index is 0.150. The molecule has 4 aromatic carbocycles. The van der Waals surface area contributed by atoms with E-state index < -0.39 is 6.10 Å². The van der Waals surface area contributed by atoms with Crippen LogP contribution in [0.3, 0.4) is 0 Å². The Kier molecular flexibility index (Phi) is 10.7. The highest BCUT2D eigenvalue weighted by Gasteiger charge is 2.07. The molecule has 0 fully saturated rings. The molecule has 0 amide bonds. The molecule has 0 aliphatic rings. The number of hydrogen-bond donors (Lipinski definition) is 2. The van der Waals surface area contributed by atoms with Gasteiger partial charge in [0.1, 0.15) is 42.3 Å². The maximum atomic E-state index is 10.1. The minimum Gasteiger partial charge on any atom is -0.516 e. The van der Waals surface area contributed by atoms with E-state index in [4.69, 9.17) is 24.1 Å².